The van der Waals surface area contributed by atoms with Gasteiger partial charge in [0.1, 0.15) is 6.61 Å². The first kappa shape index (κ1) is 25.8. The Morgan fingerprint density at radius 2 is 1.73 bits per heavy atom. The Bertz CT molecular complexity index is 1300. The average Bonchev–Trinajstić information content (AvgIpc) is 2.78. The van der Waals surface area contributed by atoms with Gasteiger partial charge in [0.05, 0.1) is 32.7 Å². The number of aryl methyl sites for hydroxylation is 1. The van der Waals surface area contributed by atoms with Crippen LogP contribution in [0.4, 0.5) is 0 Å². The number of rotatable bonds is 8. The van der Waals surface area contributed by atoms with E-state index in [0.717, 1.165) is 11.1 Å². The first-order valence-corrected chi connectivity index (χ1v) is 13.2. The summed E-state index contributed by atoms with van der Waals surface area (Å²) in [5.74, 6) is 0.876. The number of hydrogen-bond acceptors (Lipinski definition) is 5. The normalized spacial score (nSPS) is 11.6. The highest BCUT2D eigenvalue weighted by Crippen LogP contribution is 2.42. The Morgan fingerprint density at radius 3 is 2.36 bits per heavy atom. The van der Waals surface area contributed by atoms with Gasteiger partial charge in [-0.2, -0.15) is 13.5 Å². The van der Waals surface area contributed by atoms with E-state index in [-0.39, 0.29) is 11.5 Å². The molecule has 0 saturated carbocycles. The average molecular weight is 637 g/mol. The van der Waals surface area contributed by atoms with Crippen molar-refractivity contribution in [2.24, 2.45) is 5.10 Å². The molecule has 0 aliphatic heterocycles. The molecule has 0 aliphatic rings. The molecule has 0 atom stereocenters. The third kappa shape index (κ3) is 6.42. The molecular weight excluding hydrogens is 619 g/mol. The molecular formula is C22H18Br2Cl2N2O4S. The summed E-state index contributed by atoms with van der Waals surface area (Å²) in [5.41, 5.74) is 2.35. The van der Waals surface area contributed by atoms with E-state index in [0.29, 0.717) is 36.1 Å². The second kappa shape index (κ2) is 11.1. The lowest BCUT2D eigenvalue weighted by Gasteiger charge is -2.15. The Labute approximate surface area is 219 Å². The number of sulfonamides is 1. The number of halogens is 4. The van der Waals surface area contributed by atoms with Crippen molar-refractivity contribution in [3.63, 3.8) is 0 Å². The van der Waals surface area contributed by atoms with E-state index in [1.165, 1.54) is 25.5 Å². The minimum atomic E-state index is -3.79. The highest BCUT2D eigenvalue weighted by Gasteiger charge is 2.17. The van der Waals surface area contributed by atoms with E-state index in [4.69, 9.17) is 32.7 Å². The van der Waals surface area contributed by atoms with Crippen LogP contribution in [0.15, 0.2) is 67.5 Å². The van der Waals surface area contributed by atoms with Gasteiger partial charge in [-0.25, -0.2) is 4.83 Å². The molecule has 0 unspecified atom stereocenters. The minimum Gasteiger partial charge on any atom is -0.493 e. The molecule has 3 rings (SSSR count). The third-order valence-corrected chi connectivity index (χ3v) is 8.57. The van der Waals surface area contributed by atoms with Crippen molar-refractivity contribution in [1.29, 1.82) is 0 Å². The first-order chi connectivity index (χ1) is 15.6. The number of hydrogen-bond donors (Lipinski definition) is 1. The lowest BCUT2D eigenvalue weighted by molar-refractivity contribution is 0.282. The largest absolute Gasteiger partial charge is 0.493 e. The molecule has 0 heterocycles. The van der Waals surface area contributed by atoms with Crippen LogP contribution in [0.5, 0.6) is 11.5 Å². The van der Waals surface area contributed by atoms with Gasteiger partial charge in [0, 0.05) is 10.0 Å². The Balaban J connectivity index is 1.80. The van der Waals surface area contributed by atoms with E-state index < -0.39 is 10.0 Å². The molecule has 0 spiro atoms. The van der Waals surface area contributed by atoms with Crippen molar-refractivity contribution >= 4 is 71.3 Å². The molecule has 174 valence electrons. The van der Waals surface area contributed by atoms with Gasteiger partial charge in [-0.3, -0.25) is 0 Å². The lowest BCUT2D eigenvalue weighted by atomic mass is 10.2. The van der Waals surface area contributed by atoms with E-state index >= 15 is 0 Å². The maximum absolute atomic E-state index is 12.4. The minimum absolute atomic E-state index is 0.120. The fourth-order valence-electron chi connectivity index (χ4n) is 2.71. The fraction of sp³-hybridized carbons (Fsp3) is 0.136. The molecule has 3 aromatic carbocycles. The standard InChI is InChI=1S/C22H18Br2Cl2N2O4S/c1-13-3-6-16(7-4-13)33(29,30)28-27-11-15-10-19(31-2)22(21(24)20(15)23)32-12-14-5-8-17(25)18(26)9-14/h3-11,28H,12H2,1-2H3/b27-11-. The number of nitrogens with zero attached hydrogens (tertiary/aromatic N) is 1. The molecule has 0 saturated heterocycles. The van der Waals surface area contributed by atoms with Crippen LogP contribution in [-0.2, 0) is 16.6 Å². The van der Waals surface area contributed by atoms with E-state index in [2.05, 4.69) is 41.8 Å². The van der Waals surface area contributed by atoms with Crippen LogP contribution < -0.4 is 14.3 Å². The molecule has 0 radical (unpaired) electrons. The van der Waals surface area contributed by atoms with Crippen molar-refractivity contribution in [3.05, 3.63) is 84.2 Å². The van der Waals surface area contributed by atoms with Crippen LogP contribution >= 0.6 is 55.1 Å². The summed E-state index contributed by atoms with van der Waals surface area (Å²) in [7, 11) is -2.29. The second-order valence-corrected chi connectivity index (χ2v) is 10.9. The zero-order valence-electron chi connectivity index (χ0n) is 17.4. The SMILES string of the molecule is COc1cc(/C=N\NS(=O)(=O)c2ccc(C)cc2)c(Br)c(Br)c1OCc1ccc(Cl)c(Cl)c1. The molecule has 3 aromatic rings. The van der Waals surface area contributed by atoms with Crippen LogP contribution in [0.3, 0.4) is 0 Å². The van der Waals surface area contributed by atoms with Crippen molar-refractivity contribution in [3.8, 4) is 11.5 Å². The highest BCUT2D eigenvalue weighted by atomic mass is 79.9. The maximum atomic E-state index is 12.4. The zero-order valence-corrected chi connectivity index (χ0v) is 22.9. The summed E-state index contributed by atoms with van der Waals surface area (Å²) in [5, 5.41) is 4.79. The smallest absolute Gasteiger partial charge is 0.276 e. The quantitative estimate of drug-likeness (QED) is 0.220. The van der Waals surface area contributed by atoms with Crippen LogP contribution in [0, 0.1) is 6.92 Å². The van der Waals surface area contributed by atoms with Gasteiger partial charge in [0.2, 0.25) is 0 Å². The van der Waals surface area contributed by atoms with E-state index in [1.807, 2.05) is 13.0 Å². The van der Waals surface area contributed by atoms with Gasteiger partial charge in [-0.05, 0) is 74.7 Å². The molecule has 0 aliphatic carbocycles. The molecule has 1 N–H and O–H groups in total. The predicted octanol–water partition coefficient (Wildman–Crippen LogP) is 6.73. The van der Waals surface area contributed by atoms with Crippen molar-refractivity contribution in [1.82, 2.24) is 4.83 Å². The summed E-state index contributed by atoms with van der Waals surface area (Å²) in [6.45, 7) is 2.10. The summed E-state index contributed by atoms with van der Waals surface area (Å²) >= 11 is 19.0. The first-order valence-electron chi connectivity index (χ1n) is 9.36. The second-order valence-electron chi connectivity index (χ2n) is 6.83. The summed E-state index contributed by atoms with van der Waals surface area (Å²) in [6.07, 6.45) is 1.37. The summed E-state index contributed by atoms with van der Waals surface area (Å²) in [6, 6.07) is 13.4. The molecule has 6 nitrogen and oxygen atoms in total. The van der Waals surface area contributed by atoms with Crippen molar-refractivity contribution < 1.29 is 17.9 Å². The van der Waals surface area contributed by atoms with E-state index in [1.54, 1.807) is 30.3 Å². The highest BCUT2D eigenvalue weighted by molar-refractivity contribution is 9.13. The fourth-order valence-corrected chi connectivity index (χ4v) is 4.75. The molecule has 0 amide bonds. The Morgan fingerprint density at radius 1 is 1.03 bits per heavy atom. The molecule has 0 fully saturated rings. The van der Waals surface area contributed by atoms with Crippen LogP contribution in [0.1, 0.15) is 16.7 Å². The monoisotopic (exact) mass is 634 g/mol. The third-order valence-electron chi connectivity index (χ3n) is 4.45. The van der Waals surface area contributed by atoms with Gasteiger partial charge in [0.15, 0.2) is 11.5 Å². The predicted molar refractivity (Wildman–Crippen MR) is 138 cm³/mol. The lowest BCUT2D eigenvalue weighted by Crippen LogP contribution is -2.18. The number of hydrazone groups is 1. The van der Waals surface area contributed by atoms with Crippen LogP contribution in [-0.4, -0.2) is 21.7 Å². The van der Waals surface area contributed by atoms with Gasteiger partial charge in [0.25, 0.3) is 10.0 Å². The number of nitrogens with one attached hydrogen (secondary N) is 1. The maximum Gasteiger partial charge on any atom is 0.276 e. The summed E-state index contributed by atoms with van der Waals surface area (Å²) in [4.78, 5) is 2.33. The number of methoxy groups -OCH3 is 1. The van der Waals surface area contributed by atoms with Crippen molar-refractivity contribution in [2.75, 3.05) is 7.11 Å². The van der Waals surface area contributed by atoms with Crippen molar-refractivity contribution in [2.45, 2.75) is 18.4 Å². The van der Waals surface area contributed by atoms with Gasteiger partial charge < -0.3 is 9.47 Å². The van der Waals surface area contributed by atoms with Gasteiger partial charge in [-0.1, -0.05) is 47.0 Å². The van der Waals surface area contributed by atoms with Gasteiger partial charge >= 0.3 is 0 Å². The molecule has 0 aromatic heterocycles. The molecule has 11 heteroatoms. The van der Waals surface area contributed by atoms with E-state index in [9.17, 15) is 8.42 Å². The summed E-state index contributed by atoms with van der Waals surface area (Å²) < 4.78 is 37.4. The van der Waals surface area contributed by atoms with Gasteiger partial charge in [-0.15, -0.1) is 0 Å². The Kier molecular flexibility index (Phi) is 8.69. The molecule has 0 bridgehead atoms. The Hall–Kier alpha value is -1.78. The molecule has 33 heavy (non-hydrogen) atoms. The zero-order chi connectivity index (χ0) is 24.2. The topological polar surface area (TPSA) is 77.0 Å². The van der Waals surface area contributed by atoms with Crippen LogP contribution in [0.2, 0.25) is 10.0 Å². The van der Waals surface area contributed by atoms with Crippen LogP contribution in [0.25, 0.3) is 0 Å². The number of ether oxygens (including phenoxy) is 2. The number of benzene rings is 3.